The summed E-state index contributed by atoms with van der Waals surface area (Å²) in [5.41, 5.74) is 3.06. The van der Waals surface area contributed by atoms with Gasteiger partial charge in [-0.1, -0.05) is 78.7 Å². The number of hydrogen-bond donors (Lipinski definition) is 1. The van der Waals surface area contributed by atoms with E-state index in [2.05, 4.69) is 10.2 Å². The molecule has 0 radical (unpaired) electrons. The van der Waals surface area contributed by atoms with Gasteiger partial charge in [0.1, 0.15) is 12.0 Å². The van der Waals surface area contributed by atoms with Crippen molar-refractivity contribution in [2.75, 3.05) is 39.3 Å². The van der Waals surface area contributed by atoms with Crippen LogP contribution < -0.4 is 5.32 Å². The topological polar surface area (TPSA) is 52.7 Å². The predicted octanol–water partition coefficient (Wildman–Crippen LogP) is 5.84. The van der Waals surface area contributed by atoms with Gasteiger partial charge in [0.15, 0.2) is 0 Å². The van der Waals surface area contributed by atoms with E-state index in [-0.39, 0.29) is 5.91 Å². The molecule has 1 heterocycles. The fourth-order valence-corrected chi connectivity index (χ4v) is 6.25. The maximum atomic E-state index is 13.6. The highest BCUT2D eigenvalue weighted by Gasteiger charge is 2.49. The van der Waals surface area contributed by atoms with Crippen LogP contribution in [0.5, 0.6) is 0 Å². The van der Waals surface area contributed by atoms with Gasteiger partial charge >= 0.3 is 6.18 Å². The number of fused-ring (bicyclic) bond motifs is 3. The fraction of sp³-hybridized carbons (Fsp3) is 0.375. The normalized spacial score (nSPS) is 16.2. The fourth-order valence-electron chi connectivity index (χ4n) is 6.12. The van der Waals surface area contributed by atoms with E-state index in [4.69, 9.17) is 11.6 Å². The van der Waals surface area contributed by atoms with Gasteiger partial charge in [-0.2, -0.15) is 13.2 Å². The van der Waals surface area contributed by atoms with Gasteiger partial charge in [0.05, 0.1) is 6.42 Å². The molecule has 216 valence electrons. The van der Waals surface area contributed by atoms with Crippen molar-refractivity contribution in [1.82, 2.24) is 15.1 Å². The van der Waals surface area contributed by atoms with E-state index in [1.54, 1.807) is 12.1 Å². The number of halogens is 4. The Morgan fingerprint density at radius 3 is 2.00 bits per heavy atom. The lowest BCUT2D eigenvalue weighted by Gasteiger charge is -2.35. The van der Waals surface area contributed by atoms with Crippen LogP contribution in [-0.2, 0) is 21.4 Å². The molecular weight excluding hydrogens is 551 g/mol. The summed E-state index contributed by atoms with van der Waals surface area (Å²) in [6.45, 7) is 2.25. The maximum Gasteiger partial charge on any atom is 0.405 e. The minimum atomic E-state index is -4.49. The van der Waals surface area contributed by atoms with Gasteiger partial charge in [0.2, 0.25) is 11.8 Å². The summed E-state index contributed by atoms with van der Waals surface area (Å²) in [6, 6.07) is 22.4. The quantitative estimate of drug-likeness (QED) is 0.322. The van der Waals surface area contributed by atoms with Gasteiger partial charge < -0.3 is 10.2 Å². The van der Waals surface area contributed by atoms with E-state index in [1.807, 2.05) is 65.6 Å². The molecule has 1 aliphatic heterocycles. The van der Waals surface area contributed by atoms with Gasteiger partial charge in [-0.15, -0.1) is 0 Å². The van der Waals surface area contributed by atoms with Crippen molar-refractivity contribution in [3.05, 3.63) is 94.5 Å². The number of alkyl halides is 3. The molecule has 41 heavy (non-hydrogen) atoms. The molecule has 5 nitrogen and oxygen atoms in total. The van der Waals surface area contributed by atoms with Crippen molar-refractivity contribution < 1.29 is 22.8 Å². The van der Waals surface area contributed by atoms with Gasteiger partial charge in [0, 0.05) is 31.2 Å². The first-order valence-electron chi connectivity index (χ1n) is 14.0. The van der Waals surface area contributed by atoms with Crippen molar-refractivity contribution in [2.24, 2.45) is 0 Å². The van der Waals surface area contributed by atoms with E-state index >= 15 is 0 Å². The SMILES string of the molecule is O=C(Cc1ccc(Cl)cc1)N1CCN(CCCCC2(C(=O)NCC(F)(F)F)c3ccccc3-c3ccccc32)CC1. The molecule has 1 aliphatic carbocycles. The molecule has 0 bridgehead atoms. The van der Waals surface area contributed by atoms with Gasteiger partial charge in [0.25, 0.3) is 0 Å². The summed E-state index contributed by atoms with van der Waals surface area (Å²) in [4.78, 5) is 30.6. The predicted molar refractivity (Wildman–Crippen MR) is 154 cm³/mol. The molecule has 1 N–H and O–H groups in total. The molecule has 5 rings (SSSR count). The summed E-state index contributed by atoms with van der Waals surface area (Å²) in [7, 11) is 0. The van der Waals surface area contributed by atoms with Crippen molar-refractivity contribution in [1.29, 1.82) is 0 Å². The third-order valence-corrected chi connectivity index (χ3v) is 8.42. The molecular formula is C32H33ClF3N3O2. The Morgan fingerprint density at radius 1 is 0.829 bits per heavy atom. The second-order valence-corrected chi connectivity index (χ2v) is 11.2. The molecule has 9 heteroatoms. The zero-order valence-corrected chi connectivity index (χ0v) is 23.5. The molecule has 1 saturated heterocycles. The lowest BCUT2D eigenvalue weighted by Crippen LogP contribution is -2.49. The van der Waals surface area contributed by atoms with Crippen LogP contribution in [0.2, 0.25) is 5.02 Å². The Kier molecular flexibility index (Phi) is 8.71. The number of nitrogens with one attached hydrogen (secondary N) is 1. The maximum absolute atomic E-state index is 13.6. The van der Waals surface area contributed by atoms with E-state index in [0.717, 1.165) is 53.9 Å². The standard InChI is InChI=1S/C32H33ClF3N3O2/c33-24-13-11-23(12-14-24)21-29(40)39-19-17-38(18-20-39)16-6-5-15-31(30(41)37-22-32(34,35)36)27-9-3-1-7-25(27)26-8-2-4-10-28(26)31/h1-4,7-14H,5-6,15-22H2,(H,37,41). The van der Waals surface area contributed by atoms with Crippen LogP contribution in [0.3, 0.4) is 0 Å². The summed E-state index contributed by atoms with van der Waals surface area (Å²) in [5, 5.41) is 2.84. The molecule has 3 aromatic carbocycles. The molecule has 1 fully saturated rings. The van der Waals surface area contributed by atoms with E-state index < -0.39 is 24.0 Å². The number of piperazine rings is 1. The smallest absolute Gasteiger partial charge is 0.346 e. The van der Waals surface area contributed by atoms with Gasteiger partial charge in [-0.25, -0.2) is 0 Å². The summed E-state index contributed by atoms with van der Waals surface area (Å²) < 4.78 is 39.3. The minimum Gasteiger partial charge on any atom is -0.346 e. The number of benzene rings is 3. The lowest BCUT2D eigenvalue weighted by molar-refractivity contribution is -0.141. The minimum absolute atomic E-state index is 0.0948. The number of nitrogens with zero attached hydrogens (tertiary/aromatic N) is 2. The molecule has 0 saturated carbocycles. The van der Waals surface area contributed by atoms with Crippen molar-refractivity contribution in [2.45, 2.75) is 37.3 Å². The number of amides is 2. The van der Waals surface area contributed by atoms with Crippen LogP contribution in [0.4, 0.5) is 13.2 Å². The third-order valence-electron chi connectivity index (χ3n) is 8.17. The second kappa shape index (κ2) is 12.2. The van der Waals surface area contributed by atoms with E-state index in [1.165, 1.54) is 0 Å². The Hall–Kier alpha value is -3.36. The highest BCUT2D eigenvalue weighted by molar-refractivity contribution is 6.30. The van der Waals surface area contributed by atoms with E-state index in [9.17, 15) is 22.8 Å². The zero-order chi connectivity index (χ0) is 29.0. The zero-order valence-electron chi connectivity index (χ0n) is 22.7. The number of rotatable bonds is 9. The number of carbonyl (C=O) groups excluding carboxylic acids is 2. The monoisotopic (exact) mass is 583 g/mol. The van der Waals surface area contributed by atoms with E-state index in [0.29, 0.717) is 37.4 Å². The summed E-state index contributed by atoms with van der Waals surface area (Å²) in [6.07, 6.45) is -2.29. The first-order chi connectivity index (χ1) is 19.7. The lowest BCUT2D eigenvalue weighted by atomic mass is 9.73. The summed E-state index contributed by atoms with van der Waals surface area (Å²) >= 11 is 5.94. The first-order valence-corrected chi connectivity index (χ1v) is 14.3. The Morgan fingerprint density at radius 2 is 1.41 bits per heavy atom. The molecule has 2 amide bonds. The number of hydrogen-bond acceptors (Lipinski definition) is 3. The van der Waals surface area contributed by atoms with Gasteiger partial charge in [-0.3, -0.25) is 14.5 Å². The van der Waals surface area contributed by atoms with Crippen LogP contribution in [0, 0.1) is 0 Å². The largest absolute Gasteiger partial charge is 0.405 e. The Bertz CT molecular complexity index is 1340. The Labute approximate surface area is 243 Å². The molecule has 2 aliphatic rings. The van der Waals surface area contributed by atoms with Gasteiger partial charge in [-0.05, 0) is 59.3 Å². The number of unbranched alkanes of at least 4 members (excludes halogenated alkanes) is 1. The third kappa shape index (κ3) is 6.44. The molecule has 3 aromatic rings. The number of carbonyl (C=O) groups is 2. The molecule has 0 atom stereocenters. The second-order valence-electron chi connectivity index (χ2n) is 10.8. The summed E-state index contributed by atoms with van der Waals surface area (Å²) in [5.74, 6) is -0.516. The Balaban J connectivity index is 1.20. The van der Waals surface area contributed by atoms with Crippen LogP contribution in [0.15, 0.2) is 72.8 Å². The van der Waals surface area contributed by atoms with Crippen LogP contribution in [0.25, 0.3) is 11.1 Å². The van der Waals surface area contributed by atoms with Crippen LogP contribution in [-0.4, -0.2) is 67.1 Å². The molecule has 0 spiro atoms. The average molecular weight is 584 g/mol. The van der Waals surface area contributed by atoms with Crippen molar-refractivity contribution in [3.63, 3.8) is 0 Å². The molecule has 0 aromatic heterocycles. The van der Waals surface area contributed by atoms with Crippen LogP contribution >= 0.6 is 11.6 Å². The molecule has 0 unspecified atom stereocenters. The highest BCUT2D eigenvalue weighted by atomic mass is 35.5. The average Bonchev–Trinajstić information content (AvgIpc) is 3.26. The first kappa shape index (κ1) is 29.1. The van der Waals surface area contributed by atoms with Crippen molar-refractivity contribution in [3.8, 4) is 11.1 Å². The van der Waals surface area contributed by atoms with Crippen molar-refractivity contribution >= 4 is 23.4 Å². The van der Waals surface area contributed by atoms with Crippen LogP contribution in [0.1, 0.15) is 36.0 Å². The highest BCUT2D eigenvalue weighted by Crippen LogP contribution is 2.51.